The number of carbonyl (C=O) groups excluding carboxylic acids is 1. The molecule has 1 aromatic heterocycles. The third-order valence-corrected chi connectivity index (χ3v) is 1.88. The summed E-state index contributed by atoms with van der Waals surface area (Å²) in [4.78, 5) is 15.5. The summed E-state index contributed by atoms with van der Waals surface area (Å²) in [6, 6.07) is 3.58. The van der Waals surface area contributed by atoms with Gasteiger partial charge in [-0.25, -0.2) is 0 Å². The number of nitrogens with two attached hydrogens (primary N) is 1. The Morgan fingerprint density at radius 3 is 3.00 bits per heavy atom. The van der Waals surface area contributed by atoms with Gasteiger partial charge in [-0.05, 0) is 31.5 Å². The zero-order valence-corrected chi connectivity index (χ0v) is 8.45. The second-order valence-electron chi connectivity index (χ2n) is 3.33. The van der Waals surface area contributed by atoms with Gasteiger partial charge >= 0.3 is 0 Å². The van der Waals surface area contributed by atoms with Crippen molar-refractivity contribution in [2.75, 3.05) is 6.54 Å². The van der Waals surface area contributed by atoms with Crippen LogP contribution in [-0.2, 0) is 0 Å². The Morgan fingerprint density at radius 2 is 2.43 bits per heavy atom. The molecular formula is C10H15N3O. The van der Waals surface area contributed by atoms with E-state index in [1.54, 1.807) is 12.3 Å². The van der Waals surface area contributed by atoms with Crippen molar-refractivity contribution in [3.63, 3.8) is 0 Å². The average molecular weight is 193 g/mol. The molecule has 0 radical (unpaired) electrons. The van der Waals surface area contributed by atoms with Crippen LogP contribution in [0.5, 0.6) is 0 Å². The zero-order valence-electron chi connectivity index (χ0n) is 8.45. The van der Waals surface area contributed by atoms with Crippen molar-refractivity contribution in [2.45, 2.75) is 19.9 Å². The summed E-state index contributed by atoms with van der Waals surface area (Å²) in [6.07, 6.45) is 1.62. The molecule has 1 rings (SSSR count). The lowest BCUT2D eigenvalue weighted by Crippen LogP contribution is -2.38. The molecule has 0 aliphatic heterocycles. The fourth-order valence-electron chi connectivity index (χ4n) is 1.02. The van der Waals surface area contributed by atoms with E-state index in [1.807, 2.05) is 19.9 Å². The molecule has 1 aromatic rings. The maximum atomic E-state index is 11.5. The summed E-state index contributed by atoms with van der Waals surface area (Å²) in [5, 5.41) is 2.75. The Balaban J connectivity index is 2.70. The third-order valence-electron chi connectivity index (χ3n) is 1.88. The van der Waals surface area contributed by atoms with E-state index in [-0.39, 0.29) is 11.9 Å². The van der Waals surface area contributed by atoms with E-state index in [9.17, 15) is 4.79 Å². The SMILES string of the molecule is Cc1ccnc(C(=O)NC(C)CN)c1. The molecule has 0 spiro atoms. The largest absolute Gasteiger partial charge is 0.347 e. The van der Waals surface area contributed by atoms with E-state index in [1.165, 1.54) is 0 Å². The number of nitrogens with zero attached hydrogens (tertiary/aromatic N) is 1. The van der Waals surface area contributed by atoms with Gasteiger partial charge in [-0.15, -0.1) is 0 Å². The average Bonchev–Trinajstić information content (AvgIpc) is 2.17. The van der Waals surface area contributed by atoms with Gasteiger partial charge in [-0.1, -0.05) is 0 Å². The number of amides is 1. The van der Waals surface area contributed by atoms with Gasteiger partial charge in [0.05, 0.1) is 0 Å². The van der Waals surface area contributed by atoms with Gasteiger partial charge in [0, 0.05) is 18.8 Å². The van der Waals surface area contributed by atoms with Crippen LogP contribution in [0.15, 0.2) is 18.3 Å². The smallest absolute Gasteiger partial charge is 0.270 e. The number of hydrogen-bond donors (Lipinski definition) is 2. The van der Waals surface area contributed by atoms with E-state index >= 15 is 0 Å². The fraction of sp³-hybridized carbons (Fsp3) is 0.400. The Bertz CT molecular complexity index is 325. The van der Waals surface area contributed by atoms with Crippen molar-refractivity contribution < 1.29 is 4.79 Å². The van der Waals surface area contributed by atoms with Gasteiger partial charge in [0.2, 0.25) is 0 Å². The van der Waals surface area contributed by atoms with Crippen molar-refractivity contribution in [1.82, 2.24) is 10.3 Å². The number of hydrogen-bond acceptors (Lipinski definition) is 3. The number of carbonyl (C=O) groups is 1. The van der Waals surface area contributed by atoms with Crippen molar-refractivity contribution in [1.29, 1.82) is 0 Å². The van der Waals surface area contributed by atoms with Gasteiger partial charge in [-0.3, -0.25) is 9.78 Å². The molecule has 0 aliphatic carbocycles. The fourth-order valence-corrected chi connectivity index (χ4v) is 1.02. The second kappa shape index (κ2) is 4.72. The molecule has 0 aromatic carbocycles. The second-order valence-corrected chi connectivity index (χ2v) is 3.33. The van der Waals surface area contributed by atoms with Crippen LogP contribution in [-0.4, -0.2) is 23.5 Å². The standard InChI is InChI=1S/C10H15N3O/c1-7-3-4-12-9(5-7)10(14)13-8(2)6-11/h3-5,8H,6,11H2,1-2H3,(H,13,14). The van der Waals surface area contributed by atoms with Crippen molar-refractivity contribution in [3.8, 4) is 0 Å². The first kappa shape index (κ1) is 10.7. The maximum absolute atomic E-state index is 11.5. The molecular weight excluding hydrogens is 178 g/mol. The highest BCUT2D eigenvalue weighted by Gasteiger charge is 2.09. The van der Waals surface area contributed by atoms with Gasteiger partial charge < -0.3 is 11.1 Å². The summed E-state index contributed by atoms with van der Waals surface area (Å²) in [6.45, 7) is 4.20. The van der Waals surface area contributed by atoms with Crippen LogP contribution in [0, 0.1) is 6.92 Å². The molecule has 1 heterocycles. The van der Waals surface area contributed by atoms with E-state index in [4.69, 9.17) is 5.73 Å². The molecule has 4 nitrogen and oxygen atoms in total. The van der Waals surface area contributed by atoms with Gasteiger partial charge in [0.15, 0.2) is 0 Å². The molecule has 1 atom stereocenters. The predicted molar refractivity (Wildman–Crippen MR) is 55.0 cm³/mol. The van der Waals surface area contributed by atoms with Crippen molar-refractivity contribution >= 4 is 5.91 Å². The number of nitrogens with one attached hydrogen (secondary N) is 1. The molecule has 3 N–H and O–H groups in total. The quantitative estimate of drug-likeness (QED) is 0.733. The summed E-state index contributed by atoms with van der Waals surface area (Å²) < 4.78 is 0. The molecule has 0 saturated carbocycles. The Labute approximate surface area is 83.5 Å². The highest BCUT2D eigenvalue weighted by Crippen LogP contribution is 1.99. The minimum Gasteiger partial charge on any atom is -0.347 e. The van der Waals surface area contributed by atoms with E-state index in [0.29, 0.717) is 12.2 Å². The highest BCUT2D eigenvalue weighted by molar-refractivity contribution is 5.92. The highest BCUT2D eigenvalue weighted by atomic mass is 16.1. The van der Waals surface area contributed by atoms with Crippen LogP contribution >= 0.6 is 0 Å². The van der Waals surface area contributed by atoms with Crippen LogP contribution in [0.1, 0.15) is 23.0 Å². The Kier molecular flexibility index (Phi) is 3.59. The van der Waals surface area contributed by atoms with Crippen LogP contribution < -0.4 is 11.1 Å². The molecule has 0 aliphatic rings. The first-order valence-corrected chi connectivity index (χ1v) is 4.57. The summed E-state index contributed by atoms with van der Waals surface area (Å²) in [7, 11) is 0. The Morgan fingerprint density at radius 1 is 1.71 bits per heavy atom. The van der Waals surface area contributed by atoms with E-state index in [0.717, 1.165) is 5.56 Å². The lowest BCUT2D eigenvalue weighted by Gasteiger charge is -2.10. The minimum absolute atomic E-state index is 0.0233. The van der Waals surface area contributed by atoms with Crippen molar-refractivity contribution in [2.24, 2.45) is 5.73 Å². The van der Waals surface area contributed by atoms with Crippen LogP contribution in [0.2, 0.25) is 0 Å². The van der Waals surface area contributed by atoms with E-state index < -0.39 is 0 Å². The van der Waals surface area contributed by atoms with Crippen LogP contribution in [0.25, 0.3) is 0 Å². The van der Waals surface area contributed by atoms with Crippen molar-refractivity contribution in [3.05, 3.63) is 29.6 Å². The minimum atomic E-state index is -0.174. The summed E-state index contributed by atoms with van der Waals surface area (Å²) in [5.41, 5.74) is 6.85. The lowest BCUT2D eigenvalue weighted by atomic mass is 10.2. The van der Waals surface area contributed by atoms with Crippen LogP contribution in [0.4, 0.5) is 0 Å². The third kappa shape index (κ3) is 2.81. The van der Waals surface area contributed by atoms with Gasteiger partial charge in [-0.2, -0.15) is 0 Å². The molecule has 14 heavy (non-hydrogen) atoms. The molecule has 0 saturated heterocycles. The molecule has 0 fully saturated rings. The van der Waals surface area contributed by atoms with Crippen LogP contribution in [0.3, 0.4) is 0 Å². The normalized spacial score (nSPS) is 12.2. The molecule has 1 unspecified atom stereocenters. The maximum Gasteiger partial charge on any atom is 0.270 e. The van der Waals surface area contributed by atoms with Gasteiger partial charge in [0.1, 0.15) is 5.69 Å². The monoisotopic (exact) mass is 193 g/mol. The molecule has 76 valence electrons. The zero-order chi connectivity index (χ0) is 10.6. The summed E-state index contributed by atoms with van der Waals surface area (Å²) >= 11 is 0. The summed E-state index contributed by atoms with van der Waals surface area (Å²) in [5.74, 6) is -0.174. The number of aromatic nitrogens is 1. The first-order chi connectivity index (χ1) is 6.63. The Hall–Kier alpha value is -1.42. The molecule has 4 heteroatoms. The predicted octanol–water partition coefficient (Wildman–Crippen LogP) is 0.467. The number of pyridine rings is 1. The van der Waals surface area contributed by atoms with E-state index in [2.05, 4.69) is 10.3 Å². The van der Waals surface area contributed by atoms with Gasteiger partial charge in [0.25, 0.3) is 5.91 Å². The molecule has 0 bridgehead atoms. The topological polar surface area (TPSA) is 68.0 Å². The number of rotatable bonds is 3. The first-order valence-electron chi connectivity index (χ1n) is 4.57. The molecule has 1 amide bonds. The lowest BCUT2D eigenvalue weighted by molar-refractivity contribution is 0.0936. The number of aryl methyl sites for hydroxylation is 1.